The van der Waals surface area contributed by atoms with Gasteiger partial charge in [0.05, 0.1) is 6.33 Å². The van der Waals surface area contributed by atoms with Crippen molar-refractivity contribution < 1.29 is 4.79 Å². The van der Waals surface area contributed by atoms with Crippen molar-refractivity contribution in [1.82, 2.24) is 23.6 Å². The van der Waals surface area contributed by atoms with Crippen LogP contribution >= 0.6 is 0 Å². The molecule has 2 aromatic heterocycles. The van der Waals surface area contributed by atoms with Gasteiger partial charge in [-0.2, -0.15) is 0 Å². The average molecular weight is 347 g/mol. The Morgan fingerprint density at radius 1 is 1.16 bits per heavy atom. The van der Waals surface area contributed by atoms with Gasteiger partial charge in [-0.05, 0) is 18.3 Å². The van der Waals surface area contributed by atoms with Crippen molar-refractivity contribution in [3.63, 3.8) is 0 Å². The number of carbonyl (C=O) groups excluding carboxylic acids is 1. The zero-order valence-corrected chi connectivity index (χ0v) is 15.2. The Hall–Kier alpha value is -2.38. The summed E-state index contributed by atoms with van der Waals surface area (Å²) in [4.78, 5) is 43.0. The van der Waals surface area contributed by atoms with Crippen LogP contribution in [0.25, 0.3) is 11.2 Å². The third-order valence-corrected chi connectivity index (χ3v) is 5.01. The number of aryl methyl sites for hydroxylation is 2. The Kier molecular flexibility index (Phi) is 4.53. The zero-order valence-electron chi connectivity index (χ0n) is 15.2. The van der Waals surface area contributed by atoms with Crippen LogP contribution < -0.4 is 11.2 Å². The number of carbonyl (C=O) groups is 1. The van der Waals surface area contributed by atoms with E-state index >= 15 is 0 Å². The molecule has 0 aliphatic carbocycles. The van der Waals surface area contributed by atoms with E-state index in [9.17, 15) is 14.4 Å². The molecule has 2 atom stereocenters. The highest BCUT2D eigenvalue weighted by molar-refractivity contribution is 5.76. The SMILES string of the molecule is C[C@H]1C[C@H](C)CN(C(=O)CCn2cnc3c2c(=O)n(C)c(=O)n3C)C1. The Bertz CT molecular complexity index is 913. The number of piperidine rings is 1. The minimum atomic E-state index is -0.407. The van der Waals surface area contributed by atoms with Gasteiger partial charge in [-0.3, -0.25) is 18.7 Å². The standard InChI is InChI=1S/C17H25N5O3/c1-11-7-12(2)9-22(8-11)13(23)5-6-21-10-18-15-14(21)16(24)20(4)17(25)19(15)3/h10-12H,5-9H2,1-4H3/t11-,12-/m0/s1. The van der Waals surface area contributed by atoms with Crippen LogP contribution in [-0.2, 0) is 25.4 Å². The number of aromatic nitrogens is 4. The first kappa shape index (κ1) is 17.4. The summed E-state index contributed by atoms with van der Waals surface area (Å²) in [7, 11) is 3.03. The quantitative estimate of drug-likeness (QED) is 0.801. The third-order valence-electron chi connectivity index (χ3n) is 5.01. The van der Waals surface area contributed by atoms with Crippen LogP contribution in [0.4, 0.5) is 0 Å². The molecule has 2 aromatic rings. The maximum Gasteiger partial charge on any atom is 0.332 e. The molecular formula is C17H25N5O3. The fourth-order valence-electron chi connectivity index (χ4n) is 3.81. The molecule has 0 bridgehead atoms. The van der Waals surface area contributed by atoms with Crippen molar-refractivity contribution in [3.8, 4) is 0 Å². The molecule has 1 aliphatic heterocycles. The molecule has 0 radical (unpaired) electrons. The third kappa shape index (κ3) is 3.12. The molecule has 25 heavy (non-hydrogen) atoms. The predicted octanol–water partition coefficient (Wildman–Crippen LogP) is 0.328. The number of rotatable bonds is 3. The number of hydrogen-bond donors (Lipinski definition) is 0. The van der Waals surface area contributed by atoms with Crippen molar-refractivity contribution in [2.45, 2.75) is 33.2 Å². The monoisotopic (exact) mass is 347 g/mol. The summed E-state index contributed by atoms with van der Waals surface area (Å²) in [5.74, 6) is 1.13. The van der Waals surface area contributed by atoms with Gasteiger partial charge in [0.1, 0.15) is 0 Å². The fraction of sp³-hybridized carbons (Fsp3) is 0.647. The minimum Gasteiger partial charge on any atom is -0.342 e. The van der Waals surface area contributed by atoms with Crippen molar-refractivity contribution in [2.75, 3.05) is 13.1 Å². The van der Waals surface area contributed by atoms with Crippen LogP contribution in [0.15, 0.2) is 15.9 Å². The number of likely N-dealkylation sites (tertiary alicyclic amines) is 1. The van der Waals surface area contributed by atoms with Crippen molar-refractivity contribution in [1.29, 1.82) is 0 Å². The molecule has 1 amide bonds. The van der Waals surface area contributed by atoms with Gasteiger partial charge in [-0.25, -0.2) is 9.78 Å². The number of amides is 1. The van der Waals surface area contributed by atoms with E-state index in [1.807, 2.05) is 4.90 Å². The molecular weight excluding hydrogens is 322 g/mol. The largest absolute Gasteiger partial charge is 0.342 e. The molecule has 3 rings (SSSR count). The minimum absolute atomic E-state index is 0.0990. The van der Waals surface area contributed by atoms with E-state index in [-0.39, 0.29) is 11.5 Å². The lowest BCUT2D eigenvalue weighted by Gasteiger charge is -2.35. The van der Waals surface area contributed by atoms with Gasteiger partial charge < -0.3 is 9.47 Å². The number of imidazole rings is 1. The summed E-state index contributed by atoms with van der Waals surface area (Å²) in [6.45, 7) is 6.31. The molecule has 8 nitrogen and oxygen atoms in total. The van der Waals surface area contributed by atoms with E-state index in [4.69, 9.17) is 0 Å². The molecule has 1 aliphatic rings. The van der Waals surface area contributed by atoms with Crippen LogP contribution in [0.5, 0.6) is 0 Å². The van der Waals surface area contributed by atoms with E-state index < -0.39 is 5.69 Å². The van der Waals surface area contributed by atoms with Gasteiger partial charge in [0.2, 0.25) is 5.91 Å². The average Bonchev–Trinajstić information content (AvgIpc) is 2.99. The Labute approximate surface area is 145 Å². The van der Waals surface area contributed by atoms with E-state index in [2.05, 4.69) is 18.8 Å². The molecule has 1 fully saturated rings. The van der Waals surface area contributed by atoms with Crippen LogP contribution in [0.1, 0.15) is 26.7 Å². The first-order chi connectivity index (χ1) is 11.8. The number of fused-ring (bicyclic) bond motifs is 1. The van der Waals surface area contributed by atoms with Gasteiger partial charge in [0, 0.05) is 40.2 Å². The van der Waals surface area contributed by atoms with Crippen molar-refractivity contribution in [2.24, 2.45) is 25.9 Å². The molecule has 136 valence electrons. The molecule has 0 saturated carbocycles. The Balaban J connectivity index is 1.81. The normalized spacial score (nSPS) is 21.0. The van der Waals surface area contributed by atoms with Gasteiger partial charge in [-0.1, -0.05) is 13.8 Å². The lowest BCUT2D eigenvalue weighted by molar-refractivity contribution is -0.134. The molecule has 0 N–H and O–H groups in total. The molecule has 3 heterocycles. The zero-order chi connectivity index (χ0) is 18.3. The number of nitrogens with zero attached hydrogens (tertiary/aromatic N) is 5. The second-order valence-corrected chi connectivity index (χ2v) is 7.31. The van der Waals surface area contributed by atoms with Gasteiger partial charge >= 0.3 is 5.69 Å². The molecule has 0 spiro atoms. The highest BCUT2D eigenvalue weighted by Crippen LogP contribution is 2.21. The topological polar surface area (TPSA) is 82.1 Å². The lowest BCUT2D eigenvalue weighted by atomic mass is 9.92. The second-order valence-electron chi connectivity index (χ2n) is 7.31. The Morgan fingerprint density at radius 2 is 1.80 bits per heavy atom. The van der Waals surface area contributed by atoms with Gasteiger partial charge in [-0.15, -0.1) is 0 Å². The molecule has 1 saturated heterocycles. The van der Waals surface area contributed by atoms with Crippen LogP contribution in [0.2, 0.25) is 0 Å². The Morgan fingerprint density at radius 3 is 2.44 bits per heavy atom. The summed E-state index contributed by atoms with van der Waals surface area (Å²) in [5, 5.41) is 0. The summed E-state index contributed by atoms with van der Waals surface area (Å²) in [6, 6.07) is 0. The summed E-state index contributed by atoms with van der Waals surface area (Å²) in [6.07, 6.45) is 3.00. The highest BCUT2D eigenvalue weighted by Gasteiger charge is 2.25. The summed E-state index contributed by atoms with van der Waals surface area (Å²) >= 11 is 0. The van der Waals surface area contributed by atoms with Crippen LogP contribution in [0.3, 0.4) is 0 Å². The van der Waals surface area contributed by atoms with Crippen molar-refractivity contribution in [3.05, 3.63) is 27.2 Å². The fourth-order valence-corrected chi connectivity index (χ4v) is 3.81. The predicted molar refractivity (Wildman–Crippen MR) is 94.4 cm³/mol. The maximum atomic E-state index is 12.5. The molecule has 0 unspecified atom stereocenters. The summed E-state index contributed by atoms with van der Waals surface area (Å²) < 4.78 is 4.09. The van der Waals surface area contributed by atoms with Crippen LogP contribution in [0, 0.1) is 11.8 Å². The van der Waals surface area contributed by atoms with E-state index in [1.54, 1.807) is 11.6 Å². The van der Waals surface area contributed by atoms with Gasteiger partial charge in [0.15, 0.2) is 11.2 Å². The molecule has 8 heteroatoms. The highest BCUT2D eigenvalue weighted by atomic mass is 16.2. The maximum absolute atomic E-state index is 12.5. The molecule has 0 aromatic carbocycles. The lowest BCUT2D eigenvalue weighted by Crippen LogP contribution is -2.42. The van der Waals surface area contributed by atoms with E-state index in [1.165, 1.54) is 17.9 Å². The van der Waals surface area contributed by atoms with Crippen LogP contribution in [-0.4, -0.2) is 42.6 Å². The summed E-state index contributed by atoms with van der Waals surface area (Å²) in [5.41, 5.74) is -0.0862. The van der Waals surface area contributed by atoms with Crippen molar-refractivity contribution >= 4 is 17.1 Å². The van der Waals surface area contributed by atoms with Gasteiger partial charge in [0.25, 0.3) is 5.56 Å². The van der Waals surface area contributed by atoms with E-state index in [0.717, 1.165) is 24.1 Å². The first-order valence-electron chi connectivity index (χ1n) is 8.68. The van der Waals surface area contributed by atoms with E-state index in [0.29, 0.717) is 36.0 Å². The first-order valence-corrected chi connectivity index (χ1v) is 8.68. The number of hydrogen-bond acceptors (Lipinski definition) is 4. The second kappa shape index (κ2) is 6.50. The smallest absolute Gasteiger partial charge is 0.332 e.